The van der Waals surface area contributed by atoms with Crippen LogP contribution in [0.5, 0.6) is 0 Å². The number of aryl methyl sites for hydroxylation is 1. The minimum absolute atomic E-state index is 0.596. The van der Waals surface area contributed by atoms with Gasteiger partial charge in [0.2, 0.25) is 0 Å². The SMILES string of the molecule is Cc1cc(Sc2ccc(Cl)c(Cl)c2)ccc1CNC1CC1. The van der Waals surface area contributed by atoms with Crippen LogP contribution in [0.2, 0.25) is 10.0 Å². The van der Waals surface area contributed by atoms with Crippen LogP contribution in [0.4, 0.5) is 0 Å². The van der Waals surface area contributed by atoms with Gasteiger partial charge in [0.1, 0.15) is 0 Å². The highest BCUT2D eigenvalue weighted by Gasteiger charge is 2.20. The van der Waals surface area contributed by atoms with Crippen molar-refractivity contribution in [2.75, 3.05) is 0 Å². The van der Waals surface area contributed by atoms with Crippen molar-refractivity contribution in [3.8, 4) is 0 Å². The van der Waals surface area contributed by atoms with Crippen molar-refractivity contribution in [1.82, 2.24) is 5.32 Å². The van der Waals surface area contributed by atoms with E-state index in [9.17, 15) is 0 Å². The van der Waals surface area contributed by atoms with Gasteiger partial charge >= 0.3 is 0 Å². The summed E-state index contributed by atoms with van der Waals surface area (Å²) in [6.07, 6.45) is 2.65. The first-order valence-electron chi connectivity index (χ1n) is 7.07. The Bertz CT molecular complexity index is 653. The first kappa shape index (κ1) is 15.2. The van der Waals surface area contributed by atoms with Crippen molar-refractivity contribution >= 4 is 35.0 Å². The van der Waals surface area contributed by atoms with Crippen LogP contribution in [0.25, 0.3) is 0 Å². The third kappa shape index (κ3) is 4.17. The Kier molecular flexibility index (Phi) is 4.80. The van der Waals surface area contributed by atoms with E-state index in [4.69, 9.17) is 23.2 Å². The van der Waals surface area contributed by atoms with Crippen molar-refractivity contribution in [2.24, 2.45) is 0 Å². The summed E-state index contributed by atoms with van der Waals surface area (Å²) in [6, 6.07) is 13.1. The van der Waals surface area contributed by atoms with Gasteiger partial charge in [-0.1, -0.05) is 41.0 Å². The third-order valence-corrected chi connectivity index (χ3v) is 5.32. The monoisotopic (exact) mass is 337 g/mol. The van der Waals surface area contributed by atoms with Gasteiger partial charge in [-0.25, -0.2) is 0 Å². The van der Waals surface area contributed by atoms with Gasteiger partial charge in [0, 0.05) is 22.4 Å². The van der Waals surface area contributed by atoms with Gasteiger partial charge in [-0.05, 0) is 61.2 Å². The maximum absolute atomic E-state index is 6.06. The summed E-state index contributed by atoms with van der Waals surface area (Å²) in [6.45, 7) is 3.14. The molecule has 0 saturated heterocycles. The number of hydrogen-bond acceptors (Lipinski definition) is 2. The summed E-state index contributed by atoms with van der Waals surface area (Å²) in [4.78, 5) is 2.33. The molecule has 1 N–H and O–H groups in total. The minimum Gasteiger partial charge on any atom is -0.310 e. The van der Waals surface area contributed by atoms with Crippen molar-refractivity contribution < 1.29 is 0 Å². The largest absolute Gasteiger partial charge is 0.310 e. The molecule has 1 fully saturated rings. The molecule has 0 unspecified atom stereocenters. The van der Waals surface area contributed by atoms with E-state index in [1.807, 2.05) is 18.2 Å². The van der Waals surface area contributed by atoms with E-state index < -0.39 is 0 Å². The molecule has 0 atom stereocenters. The molecule has 3 rings (SSSR count). The van der Waals surface area contributed by atoms with E-state index >= 15 is 0 Å². The van der Waals surface area contributed by atoms with Crippen LogP contribution in [0, 0.1) is 6.92 Å². The fourth-order valence-corrected chi connectivity index (χ4v) is 3.47. The Morgan fingerprint density at radius 2 is 1.76 bits per heavy atom. The molecular weight excluding hydrogens is 321 g/mol. The quantitative estimate of drug-likeness (QED) is 0.750. The first-order valence-corrected chi connectivity index (χ1v) is 8.65. The average molecular weight is 338 g/mol. The van der Waals surface area contributed by atoms with Gasteiger partial charge in [0.05, 0.1) is 10.0 Å². The van der Waals surface area contributed by atoms with Crippen LogP contribution >= 0.6 is 35.0 Å². The van der Waals surface area contributed by atoms with Gasteiger partial charge in [-0.15, -0.1) is 0 Å². The number of benzene rings is 2. The molecule has 2 aromatic rings. The molecule has 0 spiro atoms. The fourth-order valence-electron chi connectivity index (χ4n) is 2.15. The Hall–Kier alpha value is -0.670. The fraction of sp³-hybridized carbons (Fsp3) is 0.294. The van der Waals surface area contributed by atoms with Gasteiger partial charge < -0.3 is 5.32 Å². The zero-order valence-electron chi connectivity index (χ0n) is 11.8. The molecule has 0 aliphatic heterocycles. The third-order valence-electron chi connectivity index (χ3n) is 3.60. The number of rotatable bonds is 5. The van der Waals surface area contributed by atoms with Crippen LogP contribution in [0.1, 0.15) is 24.0 Å². The molecule has 110 valence electrons. The van der Waals surface area contributed by atoms with Crippen molar-refractivity contribution in [3.05, 3.63) is 57.6 Å². The molecule has 4 heteroatoms. The predicted octanol–water partition coefficient (Wildman–Crippen LogP) is 5.71. The summed E-state index contributed by atoms with van der Waals surface area (Å²) in [5.74, 6) is 0. The van der Waals surface area contributed by atoms with E-state index in [1.165, 1.54) is 28.9 Å². The zero-order valence-corrected chi connectivity index (χ0v) is 14.2. The predicted molar refractivity (Wildman–Crippen MR) is 91.6 cm³/mol. The average Bonchev–Trinajstić information content (AvgIpc) is 3.26. The molecule has 0 heterocycles. The lowest BCUT2D eigenvalue weighted by atomic mass is 10.1. The maximum Gasteiger partial charge on any atom is 0.0603 e. The van der Waals surface area contributed by atoms with Gasteiger partial charge in [-0.2, -0.15) is 0 Å². The number of nitrogens with one attached hydrogen (secondary N) is 1. The molecular formula is C17H17Cl2NS. The number of hydrogen-bond donors (Lipinski definition) is 1. The minimum atomic E-state index is 0.596. The zero-order chi connectivity index (χ0) is 14.8. The lowest BCUT2D eigenvalue weighted by molar-refractivity contribution is 0.685. The molecule has 2 aromatic carbocycles. The molecule has 0 amide bonds. The Labute approximate surface area is 140 Å². The topological polar surface area (TPSA) is 12.0 Å². The van der Waals surface area contributed by atoms with E-state index in [0.717, 1.165) is 17.5 Å². The summed E-state index contributed by atoms with van der Waals surface area (Å²) in [5, 5.41) is 4.75. The van der Waals surface area contributed by atoms with Crippen molar-refractivity contribution in [2.45, 2.75) is 42.1 Å². The number of halogens is 2. The van der Waals surface area contributed by atoms with E-state index in [1.54, 1.807) is 11.8 Å². The summed E-state index contributed by atoms with van der Waals surface area (Å²) in [5.41, 5.74) is 2.70. The second kappa shape index (κ2) is 6.62. The van der Waals surface area contributed by atoms with E-state index in [-0.39, 0.29) is 0 Å². The molecule has 1 saturated carbocycles. The van der Waals surface area contributed by atoms with Crippen LogP contribution in [0.15, 0.2) is 46.2 Å². The Balaban J connectivity index is 1.70. The highest BCUT2D eigenvalue weighted by molar-refractivity contribution is 7.99. The summed E-state index contributed by atoms with van der Waals surface area (Å²) >= 11 is 13.7. The van der Waals surface area contributed by atoms with Crippen molar-refractivity contribution in [3.63, 3.8) is 0 Å². The first-order chi connectivity index (χ1) is 10.1. The maximum atomic E-state index is 6.06. The molecule has 0 aromatic heterocycles. The van der Waals surface area contributed by atoms with Crippen LogP contribution < -0.4 is 5.32 Å². The van der Waals surface area contributed by atoms with Crippen LogP contribution in [-0.4, -0.2) is 6.04 Å². The highest BCUT2D eigenvalue weighted by Crippen LogP contribution is 2.33. The summed E-state index contributed by atoms with van der Waals surface area (Å²) < 4.78 is 0. The van der Waals surface area contributed by atoms with E-state index in [0.29, 0.717) is 10.0 Å². The van der Waals surface area contributed by atoms with Gasteiger partial charge in [0.15, 0.2) is 0 Å². The van der Waals surface area contributed by atoms with Crippen LogP contribution in [-0.2, 0) is 6.54 Å². The van der Waals surface area contributed by atoms with Gasteiger partial charge in [0.25, 0.3) is 0 Å². The molecule has 1 nitrogen and oxygen atoms in total. The molecule has 1 aliphatic carbocycles. The second-order valence-corrected chi connectivity index (χ2v) is 7.38. The standard InChI is InChI=1S/C17H17Cl2NS/c1-11-8-14(5-2-12(11)10-20-13-3-4-13)21-15-6-7-16(18)17(19)9-15/h2,5-9,13,20H,3-4,10H2,1H3. The van der Waals surface area contributed by atoms with Crippen LogP contribution in [0.3, 0.4) is 0 Å². The highest BCUT2D eigenvalue weighted by atomic mass is 35.5. The molecule has 0 bridgehead atoms. The smallest absolute Gasteiger partial charge is 0.0603 e. The molecule has 0 radical (unpaired) electrons. The Morgan fingerprint density at radius 3 is 2.43 bits per heavy atom. The van der Waals surface area contributed by atoms with Crippen molar-refractivity contribution in [1.29, 1.82) is 0 Å². The lowest BCUT2D eigenvalue weighted by Gasteiger charge is -2.10. The van der Waals surface area contributed by atoms with E-state index in [2.05, 4.69) is 30.4 Å². The second-order valence-electron chi connectivity index (χ2n) is 5.42. The molecule has 1 aliphatic rings. The normalized spacial score (nSPS) is 14.4. The summed E-state index contributed by atoms with van der Waals surface area (Å²) in [7, 11) is 0. The van der Waals surface area contributed by atoms with Gasteiger partial charge in [-0.3, -0.25) is 0 Å². The lowest BCUT2D eigenvalue weighted by Crippen LogP contribution is -2.15. The Morgan fingerprint density at radius 1 is 1.05 bits per heavy atom. The molecule has 21 heavy (non-hydrogen) atoms.